The molecule has 6 nitrogen and oxygen atoms in total. The van der Waals surface area contributed by atoms with Crippen molar-refractivity contribution in [2.45, 2.75) is 12.8 Å². The molecule has 1 fully saturated rings. The summed E-state index contributed by atoms with van der Waals surface area (Å²) in [6.07, 6.45) is -0.143. The molecule has 2 unspecified atom stereocenters. The van der Waals surface area contributed by atoms with Crippen LogP contribution in [-0.4, -0.2) is 31.7 Å². The van der Waals surface area contributed by atoms with Gasteiger partial charge in [0, 0.05) is 12.8 Å². The van der Waals surface area contributed by atoms with Crippen molar-refractivity contribution in [3.05, 3.63) is 56.5 Å². The number of anilines is 2. The molecule has 2 aromatic carbocycles. The highest BCUT2D eigenvalue weighted by Crippen LogP contribution is 2.34. The molecule has 2 N–H and O–H groups in total. The monoisotopic (exact) mass is 522 g/mol. The van der Waals surface area contributed by atoms with Crippen molar-refractivity contribution < 1.29 is 18.0 Å². The summed E-state index contributed by atoms with van der Waals surface area (Å²) in [6, 6.07) is 9.64. The number of benzene rings is 2. The summed E-state index contributed by atoms with van der Waals surface area (Å²) < 4.78 is 24.4. The largest absolute Gasteiger partial charge is 0.325 e. The Labute approximate surface area is 200 Å². The van der Waals surface area contributed by atoms with E-state index >= 15 is 0 Å². The van der Waals surface area contributed by atoms with Crippen LogP contribution in [0.5, 0.6) is 0 Å². The molecule has 11 heteroatoms. The van der Waals surface area contributed by atoms with Gasteiger partial charge in [0.25, 0.3) is 0 Å². The van der Waals surface area contributed by atoms with Crippen molar-refractivity contribution in [3.63, 3.8) is 0 Å². The van der Waals surface area contributed by atoms with Gasteiger partial charge in [0.2, 0.25) is 11.8 Å². The minimum atomic E-state index is -3.37. The van der Waals surface area contributed by atoms with E-state index in [1.807, 2.05) is 0 Å². The van der Waals surface area contributed by atoms with Crippen LogP contribution in [0.15, 0.2) is 36.4 Å². The van der Waals surface area contributed by atoms with Crippen molar-refractivity contribution in [2.75, 3.05) is 22.1 Å². The molecule has 2 atom stereocenters. The minimum absolute atomic E-state index is 0.0715. The van der Waals surface area contributed by atoms with E-state index in [2.05, 4.69) is 10.6 Å². The second kappa shape index (κ2) is 9.96. The predicted octanol–water partition coefficient (Wildman–Crippen LogP) is 5.32. The van der Waals surface area contributed by atoms with E-state index in [9.17, 15) is 18.0 Å². The second-order valence-electron chi connectivity index (χ2n) is 7.30. The van der Waals surface area contributed by atoms with Gasteiger partial charge in [0.05, 0.1) is 43.0 Å². The first-order chi connectivity index (χ1) is 14.6. The van der Waals surface area contributed by atoms with Crippen LogP contribution in [-0.2, 0) is 19.4 Å². The Morgan fingerprint density at radius 1 is 0.774 bits per heavy atom. The standard InChI is InChI=1S/C20H18Cl4N2O4S/c21-13-3-1-5-15(19(13)23)25-17(27)7-11-9-31(29,30)10-12(11)8-18(28)26-16-6-2-4-14(22)20(16)24/h1-6,11-12H,7-10H2,(H,25,27)(H,26,28). The Kier molecular flexibility index (Phi) is 7.76. The Morgan fingerprint density at radius 2 is 1.16 bits per heavy atom. The maximum absolute atomic E-state index is 12.5. The fourth-order valence-corrected chi connectivity index (χ4v) is 6.44. The average Bonchev–Trinajstić information content (AvgIpc) is 2.95. The Morgan fingerprint density at radius 3 is 1.55 bits per heavy atom. The van der Waals surface area contributed by atoms with Crippen molar-refractivity contribution in [3.8, 4) is 0 Å². The summed E-state index contributed by atoms with van der Waals surface area (Å²) in [5.74, 6) is -2.17. The molecule has 0 spiro atoms. The molecule has 2 aromatic rings. The maximum Gasteiger partial charge on any atom is 0.224 e. The van der Waals surface area contributed by atoms with Gasteiger partial charge < -0.3 is 10.6 Å². The molecular weight excluding hydrogens is 506 g/mol. The predicted molar refractivity (Wildman–Crippen MR) is 125 cm³/mol. The normalized spacial score (nSPS) is 19.7. The first-order valence-electron chi connectivity index (χ1n) is 9.24. The van der Waals surface area contributed by atoms with Crippen molar-refractivity contribution >= 4 is 79.4 Å². The summed E-state index contributed by atoms with van der Waals surface area (Å²) in [4.78, 5) is 25.0. The van der Waals surface area contributed by atoms with Gasteiger partial charge in [-0.05, 0) is 36.1 Å². The molecule has 1 heterocycles. The van der Waals surface area contributed by atoms with Crippen LogP contribution in [0.1, 0.15) is 12.8 Å². The summed E-state index contributed by atoms with van der Waals surface area (Å²) >= 11 is 24.1. The summed E-state index contributed by atoms with van der Waals surface area (Å²) in [7, 11) is -3.37. The van der Waals surface area contributed by atoms with E-state index in [1.165, 1.54) is 0 Å². The first-order valence-corrected chi connectivity index (χ1v) is 12.6. The molecule has 2 amide bonds. The number of carbonyl (C=O) groups excluding carboxylic acids is 2. The lowest BCUT2D eigenvalue weighted by atomic mass is 9.89. The van der Waals surface area contributed by atoms with Gasteiger partial charge in [-0.2, -0.15) is 0 Å². The number of rotatable bonds is 6. The van der Waals surface area contributed by atoms with Crippen LogP contribution in [0.4, 0.5) is 11.4 Å². The number of sulfone groups is 1. The van der Waals surface area contributed by atoms with Gasteiger partial charge in [0.15, 0.2) is 9.84 Å². The fraction of sp³-hybridized carbons (Fsp3) is 0.300. The number of amides is 2. The lowest BCUT2D eigenvalue weighted by Crippen LogP contribution is -2.25. The number of hydrogen-bond donors (Lipinski definition) is 2. The van der Waals surface area contributed by atoms with E-state index in [-0.39, 0.29) is 44.4 Å². The van der Waals surface area contributed by atoms with E-state index in [1.54, 1.807) is 36.4 Å². The molecule has 31 heavy (non-hydrogen) atoms. The molecule has 0 radical (unpaired) electrons. The summed E-state index contributed by atoms with van der Waals surface area (Å²) in [6.45, 7) is 0. The first kappa shape index (κ1) is 24.1. The number of nitrogens with one attached hydrogen (secondary N) is 2. The highest BCUT2D eigenvalue weighted by Gasteiger charge is 2.39. The van der Waals surface area contributed by atoms with Crippen molar-refractivity contribution in [1.29, 1.82) is 0 Å². The molecule has 1 aliphatic rings. The zero-order valence-corrected chi connectivity index (χ0v) is 19.8. The fourth-order valence-electron chi connectivity index (χ4n) is 3.52. The van der Waals surface area contributed by atoms with Gasteiger partial charge >= 0.3 is 0 Å². The third-order valence-corrected chi connectivity index (χ3v) is 8.46. The molecule has 3 rings (SSSR count). The Hall–Kier alpha value is -1.51. The quantitative estimate of drug-likeness (QED) is 0.536. The zero-order chi connectivity index (χ0) is 22.8. The highest BCUT2D eigenvalue weighted by atomic mass is 35.5. The second-order valence-corrected chi connectivity index (χ2v) is 11.0. The average molecular weight is 524 g/mol. The molecule has 0 bridgehead atoms. The number of halogens is 4. The maximum atomic E-state index is 12.5. The zero-order valence-electron chi connectivity index (χ0n) is 16.0. The van der Waals surface area contributed by atoms with Crippen LogP contribution in [0.25, 0.3) is 0 Å². The Balaban J connectivity index is 1.66. The molecule has 1 aliphatic heterocycles. The highest BCUT2D eigenvalue weighted by molar-refractivity contribution is 7.91. The van der Waals surface area contributed by atoms with Gasteiger partial charge in [-0.1, -0.05) is 58.5 Å². The number of carbonyl (C=O) groups is 2. The minimum Gasteiger partial charge on any atom is -0.325 e. The van der Waals surface area contributed by atoms with E-state index in [0.717, 1.165) is 0 Å². The molecule has 1 saturated heterocycles. The van der Waals surface area contributed by atoms with Crippen LogP contribution in [0, 0.1) is 11.8 Å². The molecule has 0 aromatic heterocycles. The summed E-state index contributed by atoms with van der Waals surface area (Å²) in [5, 5.41) is 6.28. The third kappa shape index (κ3) is 6.26. The third-order valence-electron chi connectivity index (χ3n) is 4.95. The van der Waals surface area contributed by atoms with Gasteiger partial charge in [-0.15, -0.1) is 0 Å². The Bertz CT molecular complexity index is 1040. The van der Waals surface area contributed by atoms with Crippen molar-refractivity contribution in [1.82, 2.24) is 0 Å². The SMILES string of the molecule is O=C(CC1CS(=O)(=O)CC1CC(=O)Nc1cccc(Cl)c1Cl)Nc1cccc(Cl)c1Cl. The smallest absolute Gasteiger partial charge is 0.224 e. The molecule has 0 aliphatic carbocycles. The molecule has 0 saturated carbocycles. The van der Waals surface area contributed by atoms with Gasteiger partial charge in [0.1, 0.15) is 0 Å². The van der Waals surface area contributed by atoms with Crippen LogP contribution in [0.2, 0.25) is 20.1 Å². The topological polar surface area (TPSA) is 92.3 Å². The lowest BCUT2D eigenvalue weighted by molar-refractivity contribution is -0.119. The lowest BCUT2D eigenvalue weighted by Gasteiger charge is -2.18. The van der Waals surface area contributed by atoms with E-state index in [4.69, 9.17) is 46.4 Å². The summed E-state index contributed by atoms with van der Waals surface area (Å²) in [5.41, 5.74) is 0.676. The van der Waals surface area contributed by atoms with Crippen LogP contribution in [0.3, 0.4) is 0 Å². The molecular formula is C20H18Cl4N2O4S. The van der Waals surface area contributed by atoms with E-state index < -0.39 is 33.5 Å². The van der Waals surface area contributed by atoms with Gasteiger partial charge in [-0.3, -0.25) is 9.59 Å². The van der Waals surface area contributed by atoms with Gasteiger partial charge in [-0.25, -0.2) is 8.42 Å². The van der Waals surface area contributed by atoms with E-state index in [0.29, 0.717) is 11.4 Å². The van der Waals surface area contributed by atoms with Crippen molar-refractivity contribution in [2.24, 2.45) is 11.8 Å². The number of hydrogen-bond acceptors (Lipinski definition) is 4. The molecule has 166 valence electrons. The van der Waals surface area contributed by atoms with Crippen LogP contribution < -0.4 is 10.6 Å². The van der Waals surface area contributed by atoms with Crippen LogP contribution >= 0.6 is 46.4 Å².